The number of benzene rings is 5. The zero-order chi connectivity index (χ0) is 29.0. The molecule has 0 saturated heterocycles. The number of thiophene rings is 1. The molecule has 0 atom stereocenters. The fraction of sp³-hybridized carbons (Fsp3) is 0. The highest BCUT2D eigenvalue weighted by molar-refractivity contribution is 7.26. The number of rotatable bonds is 4. The fourth-order valence-electron chi connectivity index (χ4n) is 4.54. The van der Waals surface area contributed by atoms with E-state index in [0.29, 0.717) is 23.0 Å². The maximum Gasteiger partial charge on any atom is 0.164 e. The minimum absolute atomic E-state index is 0.192. The predicted octanol–water partition coefficient (Wildman–Crippen LogP) is 8.91. The van der Waals surface area contributed by atoms with Crippen molar-refractivity contribution in [2.45, 2.75) is 0 Å². The van der Waals surface area contributed by atoms with Crippen molar-refractivity contribution in [1.29, 1.82) is 0 Å². The molecule has 7 aromatic rings. The zero-order valence-corrected chi connectivity index (χ0v) is 20.3. The molecule has 2 aromatic heterocycles. The van der Waals surface area contributed by atoms with Gasteiger partial charge in [-0.2, -0.15) is 0 Å². The maximum absolute atomic E-state index is 8.58. The quantitative estimate of drug-likeness (QED) is 0.244. The van der Waals surface area contributed by atoms with Gasteiger partial charge in [0.25, 0.3) is 0 Å². The van der Waals surface area contributed by atoms with E-state index < -0.39 is 6.04 Å². The molecule has 0 bridgehead atoms. The molecule has 174 valence electrons. The van der Waals surface area contributed by atoms with Crippen molar-refractivity contribution in [3.05, 3.63) is 127 Å². The summed E-state index contributed by atoms with van der Waals surface area (Å²) < 4.78 is 43.4. The lowest BCUT2D eigenvalue weighted by molar-refractivity contribution is 1.08. The van der Waals surface area contributed by atoms with Gasteiger partial charge in [0.15, 0.2) is 17.5 Å². The molecule has 0 aliphatic rings. The van der Waals surface area contributed by atoms with Crippen molar-refractivity contribution in [1.82, 2.24) is 15.0 Å². The van der Waals surface area contributed by atoms with Gasteiger partial charge >= 0.3 is 0 Å². The van der Waals surface area contributed by atoms with Gasteiger partial charge in [0.2, 0.25) is 0 Å². The lowest BCUT2D eigenvalue weighted by Gasteiger charge is -2.09. The molecule has 7 rings (SSSR count). The molecule has 0 fully saturated rings. The monoisotopic (exact) mass is 496 g/mol. The fourth-order valence-corrected chi connectivity index (χ4v) is 5.79. The first kappa shape index (κ1) is 16.9. The van der Waals surface area contributed by atoms with Crippen molar-refractivity contribution < 1.29 is 6.85 Å². The molecule has 3 nitrogen and oxygen atoms in total. The summed E-state index contributed by atoms with van der Waals surface area (Å²) in [5.41, 5.74) is 3.38. The summed E-state index contributed by atoms with van der Waals surface area (Å²) in [7, 11) is 0. The smallest absolute Gasteiger partial charge is 0.164 e. The van der Waals surface area contributed by atoms with E-state index in [-0.39, 0.29) is 29.7 Å². The van der Waals surface area contributed by atoms with E-state index in [9.17, 15) is 0 Å². The van der Waals surface area contributed by atoms with Crippen LogP contribution in [0, 0.1) is 0 Å². The Balaban J connectivity index is 1.51. The summed E-state index contributed by atoms with van der Waals surface area (Å²) in [4.78, 5) is 14.7. The van der Waals surface area contributed by atoms with Gasteiger partial charge in [-0.25, -0.2) is 15.0 Å². The van der Waals surface area contributed by atoms with Crippen molar-refractivity contribution in [3.8, 4) is 45.3 Å². The summed E-state index contributed by atoms with van der Waals surface area (Å²) in [5.74, 6) is 1.66. The Morgan fingerprint density at radius 2 is 1.11 bits per heavy atom. The van der Waals surface area contributed by atoms with Gasteiger partial charge < -0.3 is 0 Å². The highest BCUT2D eigenvalue weighted by Gasteiger charge is 2.18. The van der Waals surface area contributed by atoms with Crippen LogP contribution in [-0.2, 0) is 0 Å². The van der Waals surface area contributed by atoms with Gasteiger partial charge in [-0.3, -0.25) is 0 Å². The second kappa shape index (κ2) is 9.08. The number of nitrogens with zero attached hydrogens (tertiary/aromatic N) is 3. The van der Waals surface area contributed by atoms with Gasteiger partial charge in [-0.15, -0.1) is 11.3 Å². The van der Waals surface area contributed by atoms with Crippen LogP contribution in [0.25, 0.3) is 65.5 Å². The lowest BCUT2D eigenvalue weighted by Crippen LogP contribution is -2.00. The average molecular weight is 497 g/mol. The predicted molar refractivity (Wildman–Crippen MR) is 154 cm³/mol. The molecule has 0 spiro atoms. The van der Waals surface area contributed by atoms with Crippen LogP contribution in [0.4, 0.5) is 0 Å². The van der Waals surface area contributed by atoms with Crippen molar-refractivity contribution >= 4 is 31.5 Å². The molecule has 0 unspecified atom stereocenters. The molecule has 0 amide bonds. The molecule has 4 heteroatoms. The number of hydrogen-bond acceptors (Lipinski definition) is 4. The van der Waals surface area contributed by atoms with Crippen molar-refractivity contribution in [2.75, 3.05) is 0 Å². The van der Waals surface area contributed by atoms with E-state index in [0.717, 1.165) is 36.9 Å². The van der Waals surface area contributed by atoms with Crippen LogP contribution >= 0.6 is 11.3 Å². The Hall–Kier alpha value is -4.67. The first-order chi connectivity index (χ1) is 20.4. The highest BCUT2D eigenvalue weighted by atomic mass is 32.1. The molecule has 0 N–H and O–H groups in total. The summed E-state index contributed by atoms with van der Waals surface area (Å²) in [6, 6.07) is 29.7. The molecule has 0 radical (unpaired) electrons. The van der Waals surface area contributed by atoms with Crippen molar-refractivity contribution in [3.63, 3.8) is 0 Å². The van der Waals surface area contributed by atoms with Gasteiger partial charge in [0, 0.05) is 36.9 Å². The van der Waals surface area contributed by atoms with Crippen molar-refractivity contribution in [2.24, 2.45) is 0 Å². The normalized spacial score (nSPS) is 13.1. The van der Waals surface area contributed by atoms with Crippen LogP contribution in [0.1, 0.15) is 6.85 Å². The second-order valence-corrected chi connectivity index (χ2v) is 9.55. The molecular weight excluding hydrogens is 470 g/mol. The Morgan fingerprint density at radius 1 is 0.514 bits per heavy atom. The van der Waals surface area contributed by atoms with Gasteiger partial charge in [0.05, 0.1) is 6.85 Å². The van der Waals surface area contributed by atoms with Crippen LogP contribution in [0.15, 0.2) is 127 Å². The SMILES string of the molecule is [2H]c1c([2H])c([2H])c(-c2cccc3c2sc2cccc(-c4nc(-c5ccccc5)nc(-c5ccccc5)n4)c23)c([2H])c1[2H]. The molecule has 2 heterocycles. The first-order valence-electron chi connectivity index (χ1n) is 14.3. The Bertz CT molecular complexity index is 2060. The minimum Gasteiger partial charge on any atom is -0.208 e. The van der Waals surface area contributed by atoms with Crippen LogP contribution in [-0.4, -0.2) is 15.0 Å². The van der Waals surface area contributed by atoms with E-state index >= 15 is 0 Å². The molecule has 5 aromatic carbocycles. The second-order valence-electron chi connectivity index (χ2n) is 8.50. The van der Waals surface area contributed by atoms with E-state index in [1.807, 2.05) is 97.1 Å². The number of hydrogen-bond donors (Lipinski definition) is 0. The zero-order valence-electron chi connectivity index (χ0n) is 24.5. The van der Waals surface area contributed by atoms with Crippen LogP contribution in [0.3, 0.4) is 0 Å². The Kier molecular flexibility index (Phi) is 4.15. The summed E-state index contributed by atoms with van der Waals surface area (Å²) in [6.07, 6.45) is 0. The van der Waals surface area contributed by atoms with E-state index in [2.05, 4.69) is 0 Å². The van der Waals surface area contributed by atoms with Crippen LogP contribution < -0.4 is 0 Å². The van der Waals surface area contributed by atoms with E-state index in [1.54, 1.807) is 0 Å². The Labute approximate surface area is 225 Å². The summed E-state index contributed by atoms with van der Waals surface area (Å²) in [6.45, 7) is 0. The molecule has 37 heavy (non-hydrogen) atoms. The largest absolute Gasteiger partial charge is 0.208 e. The Morgan fingerprint density at radius 3 is 1.78 bits per heavy atom. The molecule has 0 aliphatic heterocycles. The molecule has 0 saturated carbocycles. The first-order valence-corrected chi connectivity index (χ1v) is 12.6. The van der Waals surface area contributed by atoms with Gasteiger partial charge in [0.1, 0.15) is 0 Å². The van der Waals surface area contributed by atoms with E-state index in [4.69, 9.17) is 21.8 Å². The minimum atomic E-state index is -0.405. The van der Waals surface area contributed by atoms with Crippen LogP contribution in [0.2, 0.25) is 0 Å². The summed E-state index contributed by atoms with van der Waals surface area (Å²) in [5, 5.41) is 1.84. The van der Waals surface area contributed by atoms with Gasteiger partial charge in [-0.05, 0) is 17.2 Å². The molecular formula is C33H21N3S. The standard InChI is InChI=1S/C33H21N3S/c1-4-12-22(13-5-1)25-18-10-19-26-29-27(20-11-21-28(29)37-30(25)26)33-35-31(23-14-6-2-7-15-23)34-32(36-33)24-16-8-3-9-17-24/h1-21H/i1D,4D,5D,12D,13D. The number of fused-ring (bicyclic) bond motifs is 3. The third-order valence-electron chi connectivity index (χ3n) is 6.23. The third kappa shape index (κ3) is 3.88. The summed E-state index contributed by atoms with van der Waals surface area (Å²) >= 11 is 1.52. The maximum atomic E-state index is 8.58. The lowest BCUT2D eigenvalue weighted by atomic mass is 10.0. The van der Waals surface area contributed by atoms with Gasteiger partial charge in [-0.1, -0.05) is 121 Å². The molecule has 0 aliphatic carbocycles. The number of aromatic nitrogens is 3. The van der Waals surface area contributed by atoms with Crippen LogP contribution in [0.5, 0.6) is 0 Å². The topological polar surface area (TPSA) is 38.7 Å². The average Bonchev–Trinajstić information content (AvgIpc) is 3.43. The highest BCUT2D eigenvalue weighted by Crippen LogP contribution is 2.43. The van der Waals surface area contributed by atoms with E-state index in [1.165, 1.54) is 11.3 Å². The third-order valence-corrected chi connectivity index (χ3v) is 7.44.